The Labute approximate surface area is 137 Å². The van der Waals surface area contributed by atoms with Gasteiger partial charge >= 0.3 is 0 Å². The molecule has 1 atom stereocenters. The Bertz CT molecular complexity index is 571. The van der Waals surface area contributed by atoms with E-state index in [-0.39, 0.29) is 17.5 Å². The van der Waals surface area contributed by atoms with Crippen LogP contribution in [0.25, 0.3) is 0 Å². The second-order valence-corrected chi connectivity index (χ2v) is 6.96. The highest BCUT2D eigenvalue weighted by molar-refractivity contribution is 9.10. The number of halogens is 1. The zero-order chi connectivity index (χ0) is 15.7. The van der Waals surface area contributed by atoms with Gasteiger partial charge in [-0.25, -0.2) is 0 Å². The summed E-state index contributed by atoms with van der Waals surface area (Å²) in [5, 5.41) is 24.9. The van der Waals surface area contributed by atoms with Gasteiger partial charge in [-0.2, -0.15) is 0 Å². The van der Waals surface area contributed by atoms with E-state index in [1.54, 1.807) is 0 Å². The van der Waals surface area contributed by atoms with Gasteiger partial charge in [0.15, 0.2) is 0 Å². The van der Waals surface area contributed by atoms with Crippen LogP contribution in [0.15, 0.2) is 16.6 Å². The van der Waals surface area contributed by atoms with Crippen molar-refractivity contribution in [1.29, 1.82) is 0 Å². The summed E-state index contributed by atoms with van der Waals surface area (Å²) in [6.07, 6.45) is 3.40. The average molecular weight is 370 g/mol. The van der Waals surface area contributed by atoms with E-state index in [2.05, 4.69) is 26.1 Å². The summed E-state index contributed by atoms with van der Waals surface area (Å²) < 4.78 is 0.396. The van der Waals surface area contributed by atoms with Gasteiger partial charge in [0.1, 0.15) is 5.75 Å². The largest absolute Gasteiger partial charge is 0.506 e. The molecule has 7 heteroatoms. The topological polar surface area (TPSA) is 78.6 Å². The molecule has 6 nitrogen and oxygen atoms in total. The number of nitro benzene ring substituents is 1. The Kier molecular flexibility index (Phi) is 4.65. The van der Waals surface area contributed by atoms with Crippen LogP contribution in [-0.4, -0.2) is 41.1 Å². The minimum atomic E-state index is -0.403. The summed E-state index contributed by atoms with van der Waals surface area (Å²) in [4.78, 5) is 13.1. The quantitative estimate of drug-likeness (QED) is 0.616. The lowest BCUT2D eigenvalue weighted by Gasteiger charge is -2.35. The molecular weight excluding hydrogens is 350 g/mol. The van der Waals surface area contributed by atoms with E-state index >= 15 is 0 Å². The molecule has 2 N–H and O–H groups in total. The number of phenols is 1. The fraction of sp³-hybridized carbons (Fsp3) is 0.600. The van der Waals surface area contributed by atoms with E-state index in [9.17, 15) is 15.2 Å². The average Bonchev–Trinajstić information content (AvgIpc) is 3.32. The summed E-state index contributed by atoms with van der Waals surface area (Å²) in [6.45, 7) is 3.63. The van der Waals surface area contributed by atoms with E-state index in [1.807, 2.05) is 0 Å². The molecule has 1 aromatic rings. The van der Waals surface area contributed by atoms with Crippen molar-refractivity contribution in [3.8, 4) is 5.75 Å². The van der Waals surface area contributed by atoms with Crippen LogP contribution >= 0.6 is 15.9 Å². The van der Waals surface area contributed by atoms with E-state index in [0.29, 0.717) is 16.0 Å². The third-order valence-electron chi connectivity index (χ3n) is 4.49. The second kappa shape index (κ2) is 6.52. The number of non-ortho nitro benzene ring substituents is 1. The van der Waals surface area contributed by atoms with Crippen LogP contribution in [0.5, 0.6) is 5.75 Å². The number of piperazine rings is 1. The number of aromatic hydroxyl groups is 1. The first-order chi connectivity index (χ1) is 10.6. The second-order valence-electron chi connectivity index (χ2n) is 6.10. The van der Waals surface area contributed by atoms with Crippen molar-refractivity contribution in [2.24, 2.45) is 5.92 Å². The molecule has 1 saturated carbocycles. The molecule has 1 aromatic carbocycles. The van der Waals surface area contributed by atoms with Gasteiger partial charge in [-0.15, -0.1) is 0 Å². The zero-order valence-corrected chi connectivity index (χ0v) is 13.9. The van der Waals surface area contributed by atoms with Crippen molar-refractivity contribution in [1.82, 2.24) is 10.2 Å². The van der Waals surface area contributed by atoms with Crippen molar-refractivity contribution in [3.05, 3.63) is 32.3 Å². The number of nitrogens with zero attached hydrogens (tertiary/aromatic N) is 2. The van der Waals surface area contributed by atoms with Crippen LogP contribution in [0, 0.1) is 16.0 Å². The van der Waals surface area contributed by atoms with Crippen LogP contribution < -0.4 is 5.32 Å². The monoisotopic (exact) mass is 369 g/mol. The molecule has 0 radical (unpaired) electrons. The lowest BCUT2D eigenvalue weighted by Crippen LogP contribution is -2.45. The van der Waals surface area contributed by atoms with Crippen molar-refractivity contribution in [2.45, 2.75) is 25.3 Å². The van der Waals surface area contributed by atoms with Gasteiger partial charge in [0.25, 0.3) is 5.69 Å². The Morgan fingerprint density at radius 3 is 2.68 bits per heavy atom. The molecule has 120 valence electrons. The Morgan fingerprint density at radius 2 is 2.09 bits per heavy atom. The maximum atomic E-state index is 11.1. The number of benzene rings is 1. The molecule has 0 aromatic heterocycles. The molecular formula is C15H20BrN3O3. The molecule has 0 unspecified atom stereocenters. The predicted octanol–water partition coefficient (Wildman–Crippen LogP) is 2.81. The molecule has 1 heterocycles. The van der Waals surface area contributed by atoms with Gasteiger partial charge in [-0.3, -0.25) is 15.0 Å². The number of nitro groups is 1. The molecule has 1 saturated heterocycles. The van der Waals surface area contributed by atoms with Crippen LogP contribution in [0.4, 0.5) is 5.69 Å². The highest BCUT2D eigenvalue weighted by Crippen LogP contribution is 2.45. The molecule has 1 aliphatic carbocycles. The van der Waals surface area contributed by atoms with Gasteiger partial charge in [0.05, 0.1) is 9.40 Å². The highest BCUT2D eigenvalue weighted by atomic mass is 79.9. The maximum absolute atomic E-state index is 11.1. The summed E-state index contributed by atoms with van der Waals surface area (Å²) >= 11 is 3.25. The third-order valence-corrected chi connectivity index (χ3v) is 5.10. The van der Waals surface area contributed by atoms with Crippen LogP contribution in [0.2, 0.25) is 0 Å². The smallest absolute Gasteiger partial charge is 0.271 e. The number of rotatable bonds is 5. The third kappa shape index (κ3) is 3.42. The molecule has 0 bridgehead atoms. The fourth-order valence-corrected chi connectivity index (χ4v) is 3.56. The van der Waals surface area contributed by atoms with E-state index < -0.39 is 4.92 Å². The minimum Gasteiger partial charge on any atom is -0.506 e. The van der Waals surface area contributed by atoms with Crippen LogP contribution in [0.3, 0.4) is 0 Å². The number of hydrogen-bond acceptors (Lipinski definition) is 5. The summed E-state index contributed by atoms with van der Waals surface area (Å²) in [7, 11) is 0. The van der Waals surface area contributed by atoms with Crippen LogP contribution in [0.1, 0.15) is 30.9 Å². The molecule has 0 spiro atoms. The molecule has 2 fully saturated rings. The van der Waals surface area contributed by atoms with Crippen molar-refractivity contribution < 1.29 is 10.0 Å². The molecule has 2 aliphatic rings. The Morgan fingerprint density at radius 1 is 1.41 bits per heavy atom. The van der Waals surface area contributed by atoms with Gasteiger partial charge < -0.3 is 10.4 Å². The summed E-state index contributed by atoms with van der Waals surface area (Å²) in [6, 6.07) is 2.95. The number of nitrogens with one attached hydrogen (secondary N) is 1. The standard InChI is InChI=1S/C15H20BrN3O3/c16-13-9-11(19(21)22)8-12(15(13)20)14(7-10-1-2-10)18-5-3-17-4-6-18/h8-10,14,17,20H,1-7H2/t14-/m1/s1. The van der Waals surface area contributed by atoms with Crippen molar-refractivity contribution in [3.63, 3.8) is 0 Å². The first kappa shape index (κ1) is 15.7. The van der Waals surface area contributed by atoms with Crippen molar-refractivity contribution in [2.75, 3.05) is 26.2 Å². The van der Waals surface area contributed by atoms with Crippen LogP contribution in [-0.2, 0) is 0 Å². The Hall–Kier alpha value is -1.18. The predicted molar refractivity (Wildman–Crippen MR) is 87.0 cm³/mol. The van der Waals surface area contributed by atoms with Gasteiger partial charge in [0, 0.05) is 49.9 Å². The minimum absolute atomic E-state index is 0.0237. The van der Waals surface area contributed by atoms with E-state index in [1.165, 1.54) is 25.0 Å². The van der Waals surface area contributed by atoms with E-state index in [4.69, 9.17) is 0 Å². The first-order valence-electron chi connectivity index (χ1n) is 7.68. The van der Waals surface area contributed by atoms with Gasteiger partial charge in [-0.05, 0) is 28.3 Å². The fourth-order valence-electron chi connectivity index (χ4n) is 3.10. The highest BCUT2D eigenvalue weighted by Gasteiger charge is 2.33. The first-order valence-corrected chi connectivity index (χ1v) is 8.47. The van der Waals surface area contributed by atoms with Crippen molar-refractivity contribution >= 4 is 21.6 Å². The summed E-state index contributed by atoms with van der Waals surface area (Å²) in [5.41, 5.74) is 0.700. The molecule has 22 heavy (non-hydrogen) atoms. The number of phenolic OH excluding ortho intramolecular Hbond substituents is 1. The lowest BCUT2D eigenvalue weighted by atomic mass is 9.97. The molecule has 3 rings (SSSR count). The summed E-state index contributed by atoms with van der Waals surface area (Å²) in [5.74, 6) is 0.812. The van der Waals surface area contributed by atoms with E-state index in [0.717, 1.165) is 32.6 Å². The SMILES string of the molecule is O=[N+]([O-])c1cc(Br)c(O)c([C@@H](CC2CC2)N2CCNCC2)c1. The zero-order valence-electron chi connectivity index (χ0n) is 12.3. The molecule has 0 amide bonds. The van der Waals surface area contributed by atoms with Gasteiger partial charge in [0.2, 0.25) is 0 Å². The lowest BCUT2D eigenvalue weighted by molar-refractivity contribution is -0.385. The normalized spacial score (nSPS) is 20.8. The maximum Gasteiger partial charge on any atom is 0.271 e. The number of hydrogen-bond donors (Lipinski definition) is 2. The van der Waals surface area contributed by atoms with Gasteiger partial charge in [-0.1, -0.05) is 12.8 Å². The Balaban J connectivity index is 1.96. The molecule has 1 aliphatic heterocycles.